The fourth-order valence-electron chi connectivity index (χ4n) is 2.17. The third-order valence-corrected chi connectivity index (χ3v) is 3.50. The number of hydrogen-bond acceptors (Lipinski definition) is 6. The zero-order chi connectivity index (χ0) is 18.4. The van der Waals surface area contributed by atoms with Crippen molar-refractivity contribution in [1.29, 1.82) is 5.41 Å². The molecule has 25 heavy (non-hydrogen) atoms. The van der Waals surface area contributed by atoms with Crippen molar-refractivity contribution in [3.05, 3.63) is 59.4 Å². The van der Waals surface area contributed by atoms with E-state index in [0.29, 0.717) is 5.69 Å². The molecule has 0 aliphatic carbocycles. The molecule has 1 atom stereocenters. The topological polar surface area (TPSA) is 139 Å². The van der Waals surface area contributed by atoms with Gasteiger partial charge in [-0.2, -0.15) is 5.10 Å². The van der Waals surface area contributed by atoms with Gasteiger partial charge in [-0.05, 0) is 19.1 Å². The van der Waals surface area contributed by atoms with Crippen molar-refractivity contribution in [2.24, 2.45) is 5.73 Å². The molecule has 130 valence electrons. The first-order chi connectivity index (χ1) is 12.0. The molecule has 0 aromatic carbocycles. The third kappa shape index (κ3) is 3.89. The number of carbonyl (C=O) groups excluding carboxylic acids is 2. The number of carbonyl (C=O) groups is 2. The molecule has 0 spiro atoms. The molecule has 1 unspecified atom stereocenters. The summed E-state index contributed by atoms with van der Waals surface area (Å²) in [7, 11) is 1.48. The van der Waals surface area contributed by atoms with Crippen LogP contribution in [0.25, 0.3) is 0 Å². The molecule has 2 heterocycles. The van der Waals surface area contributed by atoms with Crippen molar-refractivity contribution >= 4 is 18.0 Å². The van der Waals surface area contributed by atoms with Crippen LogP contribution in [0.5, 0.6) is 0 Å². The average Bonchev–Trinajstić information content (AvgIpc) is 3.10. The van der Waals surface area contributed by atoms with E-state index in [2.05, 4.69) is 20.7 Å². The molecule has 0 aliphatic rings. The molecule has 0 aliphatic heterocycles. The average molecular weight is 341 g/mol. The van der Waals surface area contributed by atoms with Gasteiger partial charge in [-0.15, -0.1) is 0 Å². The standard InChI is InChI=1S/C16H19N7O2/c1-10(12-5-3-4-6-20-12)23-14(7-13(22-23)15(24)19-2)16(25)21-11(8-17)9-18/h3-10,17H,18H2,1-2H3,(H,19,24)(H,21,25)/b11-9+,17-8?. The molecule has 2 rings (SSSR count). The Morgan fingerprint density at radius 1 is 1.36 bits per heavy atom. The lowest BCUT2D eigenvalue weighted by Crippen LogP contribution is -2.28. The van der Waals surface area contributed by atoms with Crippen molar-refractivity contribution in [2.45, 2.75) is 13.0 Å². The van der Waals surface area contributed by atoms with Crippen LogP contribution >= 0.6 is 0 Å². The van der Waals surface area contributed by atoms with E-state index in [-0.39, 0.29) is 23.1 Å². The minimum atomic E-state index is -0.536. The molecule has 0 fully saturated rings. The first-order valence-electron chi connectivity index (χ1n) is 7.48. The number of nitrogens with zero attached hydrogens (tertiary/aromatic N) is 3. The van der Waals surface area contributed by atoms with Gasteiger partial charge >= 0.3 is 0 Å². The predicted octanol–water partition coefficient (Wildman–Crippen LogP) is 0.426. The summed E-state index contributed by atoms with van der Waals surface area (Å²) < 4.78 is 1.42. The first-order valence-corrected chi connectivity index (χ1v) is 7.48. The van der Waals surface area contributed by atoms with Gasteiger partial charge in [0.2, 0.25) is 0 Å². The van der Waals surface area contributed by atoms with Gasteiger partial charge in [0.25, 0.3) is 11.8 Å². The van der Waals surface area contributed by atoms with Crippen LogP contribution in [0.15, 0.2) is 42.4 Å². The molecule has 9 nitrogen and oxygen atoms in total. The van der Waals surface area contributed by atoms with Gasteiger partial charge in [0, 0.05) is 31.7 Å². The quantitative estimate of drug-likeness (QED) is 0.564. The zero-order valence-corrected chi connectivity index (χ0v) is 13.9. The minimum absolute atomic E-state index is 0.101. The molecular formula is C16H19N7O2. The van der Waals surface area contributed by atoms with Gasteiger partial charge in [0.15, 0.2) is 5.69 Å². The van der Waals surface area contributed by atoms with Gasteiger partial charge in [-0.25, -0.2) is 0 Å². The van der Waals surface area contributed by atoms with E-state index in [0.717, 1.165) is 12.4 Å². The van der Waals surface area contributed by atoms with Crippen molar-refractivity contribution < 1.29 is 9.59 Å². The van der Waals surface area contributed by atoms with Gasteiger partial charge in [-0.1, -0.05) is 6.07 Å². The normalized spacial score (nSPS) is 12.3. The van der Waals surface area contributed by atoms with Crippen molar-refractivity contribution in [3.63, 3.8) is 0 Å². The predicted molar refractivity (Wildman–Crippen MR) is 92.2 cm³/mol. The summed E-state index contributed by atoms with van der Waals surface area (Å²) >= 11 is 0. The maximum absolute atomic E-state index is 12.5. The van der Waals surface area contributed by atoms with E-state index in [1.165, 1.54) is 17.8 Å². The van der Waals surface area contributed by atoms with Crippen LogP contribution in [-0.2, 0) is 0 Å². The van der Waals surface area contributed by atoms with E-state index in [4.69, 9.17) is 11.1 Å². The summed E-state index contributed by atoms with van der Waals surface area (Å²) in [5.74, 6) is -0.951. The molecule has 0 saturated heterocycles. The zero-order valence-electron chi connectivity index (χ0n) is 13.9. The molecule has 2 aromatic rings. The fourth-order valence-corrected chi connectivity index (χ4v) is 2.17. The Morgan fingerprint density at radius 3 is 2.68 bits per heavy atom. The second-order valence-electron chi connectivity index (χ2n) is 5.09. The van der Waals surface area contributed by atoms with Crippen molar-refractivity contribution in [3.8, 4) is 0 Å². The third-order valence-electron chi connectivity index (χ3n) is 3.50. The molecule has 0 radical (unpaired) electrons. The van der Waals surface area contributed by atoms with E-state index < -0.39 is 11.8 Å². The van der Waals surface area contributed by atoms with Crippen LogP contribution in [0, 0.1) is 5.41 Å². The Bertz CT molecular complexity index is 811. The Morgan fingerprint density at radius 2 is 2.12 bits per heavy atom. The number of rotatable bonds is 6. The highest BCUT2D eigenvalue weighted by atomic mass is 16.2. The highest BCUT2D eigenvalue weighted by Gasteiger charge is 2.23. The number of hydrogen-bond donors (Lipinski definition) is 4. The largest absolute Gasteiger partial charge is 0.403 e. The van der Waals surface area contributed by atoms with E-state index in [1.807, 2.05) is 13.0 Å². The molecule has 2 aromatic heterocycles. The Kier molecular flexibility index (Phi) is 5.62. The Hall–Kier alpha value is -3.49. The molecule has 2 amide bonds. The monoisotopic (exact) mass is 341 g/mol. The maximum atomic E-state index is 12.5. The van der Waals surface area contributed by atoms with Gasteiger partial charge in [0.05, 0.1) is 17.4 Å². The first kappa shape index (κ1) is 17.9. The lowest BCUT2D eigenvalue weighted by Gasteiger charge is -2.15. The molecule has 5 N–H and O–H groups in total. The summed E-state index contributed by atoms with van der Waals surface area (Å²) in [6, 6.07) is 6.41. The number of nitrogens with one attached hydrogen (secondary N) is 3. The van der Waals surface area contributed by atoms with Crippen LogP contribution in [0.3, 0.4) is 0 Å². The number of pyridine rings is 1. The molecule has 0 saturated carbocycles. The van der Waals surface area contributed by atoms with Crippen LogP contribution in [0.1, 0.15) is 39.6 Å². The lowest BCUT2D eigenvalue weighted by atomic mass is 10.2. The second kappa shape index (κ2) is 7.86. The molecule has 9 heteroatoms. The van der Waals surface area contributed by atoms with Gasteiger partial charge in [-0.3, -0.25) is 19.3 Å². The van der Waals surface area contributed by atoms with Gasteiger partial charge in [0.1, 0.15) is 5.69 Å². The van der Waals surface area contributed by atoms with E-state index >= 15 is 0 Å². The summed E-state index contributed by atoms with van der Waals surface area (Å²) in [6.45, 7) is 1.82. The van der Waals surface area contributed by atoms with Gasteiger partial charge < -0.3 is 21.8 Å². The maximum Gasteiger partial charge on any atom is 0.274 e. The fraction of sp³-hybridized carbons (Fsp3) is 0.188. The number of aromatic nitrogens is 3. The number of nitrogens with two attached hydrogens (primary N) is 1. The van der Waals surface area contributed by atoms with Crippen LogP contribution in [0.4, 0.5) is 0 Å². The Balaban J connectivity index is 2.46. The number of amides is 2. The Labute approximate surface area is 144 Å². The molecule has 0 bridgehead atoms. The van der Waals surface area contributed by atoms with Crippen molar-refractivity contribution in [1.82, 2.24) is 25.4 Å². The summed E-state index contributed by atoms with van der Waals surface area (Å²) in [4.78, 5) is 28.7. The lowest BCUT2D eigenvalue weighted by molar-refractivity contribution is 0.0948. The number of allylic oxidation sites excluding steroid dienone is 1. The van der Waals surface area contributed by atoms with E-state index in [1.54, 1.807) is 18.3 Å². The summed E-state index contributed by atoms with van der Waals surface area (Å²) in [5, 5.41) is 16.4. The highest BCUT2D eigenvalue weighted by Crippen LogP contribution is 2.18. The minimum Gasteiger partial charge on any atom is -0.403 e. The van der Waals surface area contributed by atoms with Crippen LogP contribution in [0.2, 0.25) is 0 Å². The summed E-state index contributed by atoms with van der Waals surface area (Å²) in [6.07, 6.45) is 3.66. The van der Waals surface area contributed by atoms with Crippen molar-refractivity contribution in [2.75, 3.05) is 7.05 Å². The summed E-state index contributed by atoms with van der Waals surface area (Å²) in [5.41, 5.74) is 6.41. The highest BCUT2D eigenvalue weighted by molar-refractivity contribution is 6.00. The second-order valence-corrected chi connectivity index (χ2v) is 5.09. The smallest absolute Gasteiger partial charge is 0.274 e. The van der Waals surface area contributed by atoms with Crippen LogP contribution in [-0.4, -0.2) is 39.8 Å². The SMILES string of the molecule is CNC(=O)c1cc(C(=O)N/C(C=N)=C/N)n(C(C)c2ccccn2)n1. The van der Waals surface area contributed by atoms with E-state index in [9.17, 15) is 9.59 Å². The van der Waals surface area contributed by atoms with Crippen LogP contribution < -0.4 is 16.4 Å². The molecular weight excluding hydrogens is 322 g/mol.